The number of hydrogen-bond acceptors (Lipinski definition) is 5. The Labute approximate surface area is 121 Å². The maximum Gasteiger partial charge on any atom is 0.274 e. The smallest absolute Gasteiger partial charge is 0.263 e. The molecule has 18 heavy (non-hydrogen) atoms. The first-order valence-electron chi connectivity index (χ1n) is 4.66. The van der Waals surface area contributed by atoms with Crippen LogP contribution in [0, 0.1) is 6.92 Å². The molecule has 0 spiro atoms. The van der Waals surface area contributed by atoms with Crippen molar-refractivity contribution in [2.24, 2.45) is 0 Å². The molecule has 1 N–H and O–H groups in total. The van der Waals surface area contributed by atoms with Crippen molar-refractivity contribution in [1.29, 1.82) is 0 Å². The summed E-state index contributed by atoms with van der Waals surface area (Å²) >= 11 is 9.79. The summed E-state index contributed by atoms with van der Waals surface area (Å²) in [4.78, 5) is 7.80. The molecule has 9 heteroatoms. The van der Waals surface area contributed by atoms with Crippen LogP contribution in [0.1, 0.15) is 5.69 Å². The van der Waals surface area contributed by atoms with Gasteiger partial charge in [0.2, 0.25) is 0 Å². The third-order valence-corrected chi connectivity index (χ3v) is 5.75. The molecule has 0 unspecified atom stereocenters. The molecule has 0 saturated heterocycles. The lowest BCUT2D eigenvalue weighted by molar-refractivity contribution is 0.603. The minimum Gasteiger partial charge on any atom is -0.263 e. The Kier molecular flexibility index (Phi) is 3.90. The highest BCUT2D eigenvalue weighted by Gasteiger charge is 2.18. The lowest BCUT2D eigenvalue weighted by Crippen LogP contribution is -2.12. The van der Waals surface area contributed by atoms with E-state index in [1.54, 1.807) is 19.1 Å². The largest absolute Gasteiger partial charge is 0.274 e. The van der Waals surface area contributed by atoms with E-state index in [4.69, 9.17) is 11.6 Å². The van der Waals surface area contributed by atoms with Crippen LogP contribution in [0.4, 0.5) is 5.82 Å². The van der Waals surface area contributed by atoms with Crippen molar-refractivity contribution in [2.75, 3.05) is 4.72 Å². The van der Waals surface area contributed by atoms with Crippen LogP contribution in [-0.4, -0.2) is 18.4 Å². The fourth-order valence-corrected chi connectivity index (χ4v) is 3.67. The summed E-state index contributed by atoms with van der Waals surface area (Å²) in [6, 6.07) is 3.29. The van der Waals surface area contributed by atoms with Gasteiger partial charge in [0.05, 0.1) is 11.9 Å². The van der Waals surface area contributed by atoms with Gasteiger partial charge in [-0.15, -0.1) is 0 Å². The molecule has 96 valence electrons. The number of pyridine rings is 1. The maximum absolute atomic E-state index is 12.0. The molecule has 2 heterocycles. The van der Waals surface area contributed by atoms with E-state index in [0.29, 0.717) is 5.69 Å². The molecule has 0 aliphatic carbocycles. The molecule has 0 aromatic carbocycles. The lowest BCUT2D eigenvalue weighted by Gasteiger charge is -2.06. The van der Waals surface area contributed by atoms with Crippen molar-refractivity contribution < 1.29 is 8.42 Å². The highest BCUT2D eigenvalue weighted by Crippen LogP contribution is 2.25. The first kappa shape index (κ1) is 13.7. The predicted octanol–water partition coefficient (Wildman–Crippen LogP) is 3.06. The first-order valence-corrected chi connectivity index (χ1v) is 8.13. The second kappa shape index (κ2) is 5.12. The SMILES string of the molecule is Cc1nc(NS(=O)(=O)c2cnc(Cl)s2)ccc1Br. The third-order valence-electron chi connectivity index (χ3n) is 1.98. The van der Waals surface area contributed by atoms with Gasteiger partial charge in [-0.1, -0.05) is 22.9 Å². The minimum atomic E-state index is -3.68. The molecule has 2 rings (SSSR count). The summed E-state index contributed by atoms with van der Waals surface area (Å²) in [5, 5.41) is 0. The molecule has 2 aromatic rings. The van der Waals surface area contributed by atoms with Gasteiger partial charge in [0, 0.05) is 4.47 Å². The summed E-state index contributed by atoms with van der Waals surface area (Å²) in [5.41, 5.74) is 0.692. The number of nitrogens with zero attached hydrogens (tertiary/aromatic N) is 2. The van der Waals surface area contributed by atoms with Gasteiger partial charge in [-0.05, 0) is 35.0 Å². The van der Waals surface area contributed by atoms with Gasteiger partial charge >= 0.3 is 0 Å². The number of sulfonamides is 1. The number of rotatable bonds is 3. The van der Waals surface area contributed by atoms with Gasteiger partial charge in [-0.25, -0.2) is 18.4 Å². The van der Waals surface area contributed by atoms with Crippen molar-refractivity contribution in [1.82, 2.24) is 9.97 Å². The number of aromatic nitrogens is 2. The second-order valence-electron chi connectivity index (χ2n) is 3.30. The Morgan fingerprint density at radius 2 is 2.17 bits per heavy atom. The summed E-state index contributed by atoms with van der Waals surface area (Å²) < 4.78 is 27.3. The van der Waals surface area contributed by atoms with Crippen LogP contribution in [0.5, 0.6) is 0 Å². The molecule has 0 atom stereocenters. The fraction of sp³-hybridized carbons (Fsp3) is 0.111. The fourth-order valence-electron chi connectivity index (χ4n) is 1.15. The zero-order valence-electron chi connectivity index (χ0n) is 9.02. The molecule has 0 amide bonds. The Morgan fingerprint density at radius 3 is 2.72 bits per heavy atom. The van der Waals surface area contributed by atoms with E-state index in [1.807, 2.05) is 0 Å². The topological polar surface area (TPSA) is 72.0 Å². The van der Waals surface area contributed by atoms with Gasteiger partial charge in [0.25, 0.3) is 10.0 Å². The van der Waals surface area contributed by atoms with E-state index in [2.05, 4.69) is 30.6 Å². The number of anilines is 1. The molecule has 0 bridgehead atoms. The van der Waals surface area contributed by atoms with E-state index in [9.17, 15) is 8.42 Å². The highest BCUT2D eigenvalue weighted by atomic mass is 79.9. The Morgan fingerprint density at radius 1 is 1.44 bits per heavy atom. The average molecular weight is 369 g/mol. The summed E-state index contributed by atoms with van der Waals surface area (Å²) in [5.74, 6) is 0.250. The summed E-state index contributed by atoms with van der Waals surface area (Å²) in [7, 11) is -3.68. The normalized spacial score (nSPS) is 11.5. The molecule has 5 nitrogen and oxygen atoms in total. The van der Waals surface area contributed by atoms with Gasteiger partial charge < -0.3 is 0 Å². The molecule has 0 aliphatic rings. The van der Waals surface area contributed by atoms with Crippen molar-refractivity contribution in [2.45, 2.75) is 11.1 Å². The quantitative estimate of drug-likeness (QED) is 0.903. The van der Waals surface area contributed by atoms with Crippen LogP contribution in [0.2, 0.25) is 4.47 Å². The molecule has 0 radical (unpaired) electrons. The zero-order chi connectivity index (χ0) is 13.3. The van der Waals surface area contributed by atoms with E-state index in [1.165, 1.54) is 6.20 Å². The van der Waals surface area contributed by atoms with Gasteiger partial charge in [-0.3, -0.25) is 4.72 Å². The van der Waals surface area contributed by atoms with Crippen LogP contribution in [0.25, 0.3) is 0 Å². The van der Waals surface area contributed by atoms with Crippen molar-refractivity contribution in [3.8, 4) is 0 Å². The number of halogens is 2. The number of hydrogen-bond donors (Lipinski definition) is 1. The summed E-state index contributed by atoms with van der Waals surface area (Å²) in [6.45, 7) is 1.77. The molecular formula is C9H7BrClN3O2S2. The van der Waals surface area contributed by atoms with Crippen molar-refractivity contribution in [3.05, 3.63) is 33.0 Å². The molecule has 2 aromatic heterocycles. The monoisotopic (exact) mass is 367 g/mol. The molecule has 0 aliphatic heterocycles. The van der Waals surface area contributed by atoms with E-state index < -0.39 is 10.0 Å². The molecule has 0 saturated carbocycles. The van der Waals surface area contributed by atoms with E-state index in [-0.39, 0.29) is 14.5 Å². The van der Waals surface area contributed by atoms with Crippen molar-refractivity contribution >= 4 is 54.7 Å². The van der Waals surface area contributed by atoms with Crippen LogP contribution >= 0.6 is 38.9 Å². The molecule has 0 fully saturated rings. The maximum atomic E-state index is 12.0. The van der Waals surface area contributed by atoms with E-state index >= 15 is 0 Å². The van der Waals surface area contributed by atoms with Crippen LogP contribution in [-0.2, 0) is 10.0 Å². The number of aryl methyl sites for hydroxylation is 1. The summed E-state index contributed by atoms with van der Waals surface area (Å²) in [6.07, 6.45) is 1.21. The second-order valence-corrected chi connectivity index (χ2v) is 7.68. The number of nitrogens with one attached hydrogen (secondary N) is 1. The highest BCUT2D eigenvalue weighted by molar-refractivity contribution is 9.10. The first-order chi connectivity index (χ1) is 8.38. The Hall–Kier alpha value is -0.700. The number of thiazole rings is 1. The van der Waals surface area contributed by atoms with Crippen LogP contribution in [0.15, 0.2) is 27.0 Å². The average Bonchev–Trinajstić information content (AvgIpc) is 2.71. The Bertz CT molecular complexity index is 687. The Balaban J connectivity index is 2.30. The standard InChI is InChI=1S/C9H7BrClN3O2S2/c1-5-6(10)2-3-7(13-5)14-18(15,16)8-4-12-9(11)17-8/h2-4H,1H3,(H,13,14). The lowest BCUT2D eigenvalue weighted by atomic mass is 10.4. The van der Waals surface area contributed by atoms with Gasteiger partial charge in [0.15, 0.2) is 8.68 Å². The zero-order valence-corrected chi connectivity index (χ0v) is 13.0. The predicted molar refractivity (Wildman–Crippen MR) is 74.6 cm³/mol. The van der Waals surface area contributed by atoms with Crippen LogP contribution < -0.4 is 4.72 Å². The minimum absolute atomic E-state index is 0.0508. The third kappa shape index (κ3) is 3.00. The van der Waals surface area contributed by atoms with Gasteiger partial charge in [-0.2, -0.15) is 0 Å². The van der Waals surface area contributed by atoms with Crippen molar-refractivity contribution in [3.63, 3.8) is 0 Å². The van der Waals surface area contributed by atoms with E-state index in [0.717, 1.165) is 15.8 Å². The van der Waals surface area contributed by atoms with Gasteiger partial charge in [0.1, 0.15) is 5.82 Å². The van der Waals surface area contributed by atoms with Crippen LogP contribution in [0.3, 0.4) is 0 Å². The molecular weight excluding hydrogens is 362 g/mol.